The van der Waals surface area contributed by atoms with Gasteiger partial charge in [-0.1, -0.05) is 53.7 Å². The zero-order valence-electron chi connectivity index (χ0n) is 18.7. The minimum atomic E-state index is -0.709. The highest BCUT2D eigenvalue weighted by atomic mass is 19.1. The van der Waals surface area contributed by atoms with Crippen LogP contribution in [0.5, 0.6) is 5.75 Å². The lowest BCUT2D eigenvalue weighted by atomic mass is 10.0. The van der Waals surface area contributed by atoms with Crippen LogP contribution in [0.4, 0.5) is 13.6 Å². The fourth-order valence-electron chi connectivity index (χ4n) is 3.77. The number of rotatable bonds is 8. The van der Waals surface area contributed by atoms with E-state index in [0.29, 0.717) is 24.4 Å². The molecular weight excluding hydrogens is 440 g/mol. The van der Waals surface area contributed by atoms with Crippen molar-refractivity contribution in [3.05, 3.63) is 101 Å². The smallest absolute Gasteiger partial charge is 0.318 e. The second-order valence-corrected chi connectivity index (χ2v) is 7.93. The maximum atomic E-state index is 14.3. The molecular formula is C26H25F2N3O3. The third kappa shape index (κ3) is 5.70. The van der Waals surface area contributed by atoms with Crippen LogP contribution < -0.4 is 10.1 Å². The van der Waals surface area contributed by atoms with Crippen LogP contribution in [0, 0.1) is 11.6 Å². The summed E-state index contributed by atoms with van der Waals surface area (Å²) in [4.78, 5) is 20.1. The van der Waals surface area contributed by atoms with Crippen molar-refractivity contribution in [1.29, 1.82) is 0 Å². The molecule has 2 amide bonds. The molecule has 3 aromatic carbocycles. The zero-order valence-corrected chi connectivity index (χ0v) is 18.7. The molecule has 0 bridgehead atoms. The van der Waals surface area contributed by atoms with Gasteiger partial charge in [0.15, 0.2) is 6.10 Å². The number of carbonyl (C=O) groups is 1. The Hall–Kier alpha value is -3.94. The topological polar surface area (TPSA) is 63.2 Å². The van der Waals surface area contributed by atoms with E-state index in [1.165, 1.54) is 17.0 Å². The van der Waals surface area contributed by atoms with Crippen LogP contribution in [0.2, 0.25) is 0 Å². The molecule has 6 nitrogen and oxygen atoms in total. The van der Waals surface area contributed by atoms with Crippen LogP contribution in [0.25, 0.3) is 0 Å². The van der Waals surface area contributed by atoms with Crippen molar-refractivity contribution >= 4 is 11.7 Å². The molecule has 0 fully saturated rings. The van der Waals surface area contributed by atoms with Gasteiger partial charge in [0.25, 0.3) is 0 Å². The van der Waals surface area contributed by atoms with E-state index in [2.05, 4.69) is 10.5 Å². The van der Waals surface area contributed by atoms with Crippen molar-refractivity contribution in [1.82, 2.24) is 10.2 Å². The summed E-state index contributed by atoms with van der Waals surface area (Å²) in [6.07, 6.45) is 0.0280. The van der Waals surface area contributed by atoms with E-state index < -0.39 is 17.7 Å². The summed E-state index contributed by atoms with van der Waals surface area (Å²) in [6.45, 7) is 0.437. The van der Waals surface area contributed by atoms with E-state index in [-0.39, 0.29) is 24.7 Å². The van der Waals surface area contributed by atoms with E-state index in [9.17, 15) is 13.6 Å². The van der Waals surface area contributed by atoms with E-state index in [1.807, 2.05) is 54.6 Å². The number of halogens is 2. The molecule has 0 aliphatic carbocycles. The molecule has 34 heavy (non-hydrogen) atoms. The van der Waals surface area contributed by atoms with Crippen molar-refractivity contribution in [2.24, 2.45) is 5.16 Å². The molecule has 1 atom stereocenters. The first-order valence-corrected chi connectivity index (χ1v) is 10.9. The van der Waals surface area contributed by atoms with Gasteiger partial charge in [-0.2, -0.15) is 0 Å². The van der Waals surface area contributed by atoms with E-state index >= 15 is 0 Å². The fourth-order valence-corrected chi connectivity index (χ4v) is 3.77. The molecule has 1 heterocycles. The number of hydrogen-bond donors (Lipinski definition) is 1. The van der Waals surface area contributed by atoms with Gasteiger partial charge in [-0.25, -0.2) is 13.6 Å². The Balaban J connectivity index is 1.47. The SMILES string of the molecule is COc1ccccc1C1=NO[C@H](CN(Cc2ccc(F)cc2F)C(=O)NCc2ccccc2)C1. The predicted octanol–water partition coefficient (Wildman–Crippen LogP) is 4.88. The quantitative estimate of drug-likeness (QED) is 0.516. The standard InChI is InChI=1S/C26H25F2N3O3/c1-33-25-10-6-5-9-22(25)24-14-21(34-30-24)17-31(16-19-11-12-20(27)13-23(19)28)26(32)29-15-18-7-3-2-4-8-18/h2-13,21H,14-17H2,1H3,(H,29,32)/t21-/m0/s1. The Morgan fingerprint density at radius 3 is 2.65 bits per heavy atom. The monoisotopic (exact) mass is 465 g/mol. The first kappa shape index (κ1) is 23.2. The van der Waals surface area contributed by atoms with Crippen molar-refractivity contribution in [2.75, 3.05) is 13.7 Å². The number of ether oxygens (including phenoxy) is 1. The van der Waals surface area contributed by atoms with Gasteiger partial charge in [-0.15, -0.1) is 0 Å². The number of nitrogens with zero attached hydrogens (tertiary/aromatic N) is 2. The number of para-hydroxylation sites is 1. The number of methoxy groups -OCH3 is 1. The summed E-state index contributed by atoms with van der Waals surface area (Å²) in [6, 6.07) is 19.9. The minimum Gasteiger partial charge on any atom is -0.496 e. The van der Waals surface area contributed by atoms with Crippen molar-refractivity contribution in [3.8, 4) is 5.75 Å². The highest BCUT2D eigenvalue weighted by molar-refractivity contribution is 6.03. The molecule has 0 radical (unpaired) electrons. The van der Waals surface area contributed by atoms with E-state index in [1.54, 1.807) is 7.11 Å². The van der Waals surface area contributed by atoms with Gasteiger partial charge < -0.3 is 19.8 Å². The van der Waals surface area contributed by atoms with Crippen molar-refractivity contribution in [2.45, 2.75) is 25.6 Å². The molecule has 0 saturated heterocycles. The summed E-state index contributed by atoms with van der Waals surface area (Å²) in [5.74, 6) is -0.703. The maximum absolute atomic E-state index is 14.3. The average molecular weight is 466 g/mol. The number of benzene rings is 3. The molecule has 0 aromatic heterocycles. The summed E-state index contributed by atoms with van der Waals surface area (Å²) in [7, 11) is 1.59. The van der Waals surface area contributed by atoms with Crippen LogP contribution in [-0.2, 0) is 17.9 Å². The van der Waals surface area contributed by atoms with Crippen LogP contribution in [-0.4, -0.2) is 36.4 Å². The number of oxime groups is 1. The summed E-state index contributed by atoms with van der Waals surface area (Å²) >= 11 is 0. The summed E-state index contributed by atoms with van der Waals surface area (Å²) in [5.41, 5.74) is 2.67. The summed E-state index contributed by atoms with van der Waals surface area (Å²) in [5, 5.41) is 7.06. The Kier molecular flexibility index (Phi) is 7.37. The van der Waals surface area contributed by atoms with Gasteiger partial charge in [0, 0.05) is 30.2 Å². The van der Waals surface area contributed by atoms with Crippen LogP contribution in [0.15, 0.2) is 78.0 Å². The van der Waals surface area contributed by atoms with Gasteiger partial charge >= 0.3 is 6.03 Å². The van der Waals surface area contributed by atoms with Crippen LogP contribution in [0.3, 0.4) is 0 Å². The maximum Gasteiger partial charge on any atom is 0.318 e. The van der Waals surface area contributed by atoms with E-state index in [4.69, 9.17) is 9.57 Å². The number of nitrogens with one attached hydrogen (secondary N) is 1. The van der Waals surface area contributed by atoms with Gasteiger partial charge in [-0.3, -0.25) is 0 Å². The number of amides is 2. The minimum absolute atomic E-state index is 0.0451. The Labute approximate surface area is 196 Å². The largest absolute Gasteiger partial charge is 0.496 e. The molecule has 176 valence electrons. The average Bonchev–Trinajstić information content (AvgIpc) is 3.32. The molecule has 4 rings (SSSR count). The lowest BCUT2D eigenvalue weighted by molar-refractivity contribution is 0.0586. The predicted molar refractivity (Wildman–Crippen MR) is 124 cm³/mol. The highest BCUT2D eigenvalue weighted by Crippen LogP contribution is 2.25. The first-order valence-electron chi connectivity index (χ1n) is 10.9. The second-order valence-electron chi connectivity index (χ2n) is 7.93. The van der Waals surface area contributed by atoms with Crippen LogP contribution >= 0.6 is 0 Å². The normalized spacial score (nSPS) is 14.8. The Bertz CT molecular complexity index is 1170. The summed E-state index contributed by atoms with van der Waals surface area (Å²) < 4.78 is 33.1. The van der Waals surface area contributed by atoms with Gasteiger partial charge in [0.05, 0.1) is 25.9 Å². The van der Waals surface area contributed by atoms with Crippen LogP contribution in [0.1, 0.15) is 23.1 Å². The molecule has 1 aliphatic rings. The fraction of sp³-hybridized carbons (Fsp3) is 0.231. The van der Waals surface area contributed by atoms with Gasteiger partial charge in [-0.05, 0) is 23.8 Å². The van der Waals surface area contributed by atoms with Gasteiger partial charge in [0.1, 0.15) is 17.4 Å². The Morgan fingerprint density at radius 1 is 1.12 bits per heavy atom. The molecule has 1 N–H and O–H groups in total. The first-order chi connectivity index (χ1) is 16.5. The molecule has 0 spiro atoms. The third-order valence-corrected chi connectivity index (χ3v) is 5.52. The zero-order chi connectivity index (χ0) is 23.9. The second kappa shape index (κ2) is 10.8. The number of hydrogen-bond acceptors (Lipinski definition) is 4. The third-order valence-electron chi connectivity index (χ3n) is 5.52. The molecule has 3 aromatic rings. The molecule has 0 saturated carbocycles. The Morgan fingerprint density at radius 2 is 1.88 bits per heavy atom. The van der Waals surface area contributed by atoms with Crippen molar-refractivity contribution < 1.29 is 23.1 Å². The lowest BCUT2D eigenvalue weighted by Gasteiger charge is -2.25. The lowest BCUT2D eigenvalue weighted by Crippen LogP contribution is -2.43. The molecule has 1 aliphatic heterocycles. The van der Waals surface area contributed by atoms with E-state index in [0.717, 1.165) is 17.2 Å². The number of carbonyl (C=O) groups excluding carboxylic acids is 1. The molecule has 0 unspecified atom stereocenters. The number of urea groups is 1. The highest BCUT2D eigenvalue weighted by Gasteiger charge is 2.28. The molecule has 8 heteroatoms. The van der Waals surface area contributed by atoms with Crippen molar-refractivity contribution in [3.63, 3.8) is 0 Å². The van der Waals surface area contributed by atoms with Gasteiger partial charge in [0.2, 0.25) is 0 Å².